The predicted octanol–water partition coefficient (Wildman–Crippen LogP) is 2.57. The van der Waals surface area contributed by atoms with Crippen LogP contribution in [0.1, 0.15) is 28.9 Å². The number of ether oxygens (including phenoxy) is 1. The van der Waals surface area contributed by atoms with Crippen LogP contribution in [-0.2, 0) is 26.6 Å². The van der Waals surface area contributed by atoms with Gasteiger partial charge in [0.15, 0.2) is 0 Å². The lowest BCUT2D eigenvalue weighted by molar-refractivity contribution is -0.119. The highest BCUT2D eigenvalue weighted by atomic mass is 35.5. The third kappa shape index (κ3) is 4.17. The van der Waals surface area contributed by atoms with Crippen molar-refractivity contribution in [2.75, 3.05) is 19.0 Å². The summed E-state index contributed by atoms with van der Waals surface area (Å²) in [5.41, 5.74) is 1.48. The van der Waals surface area contributed by atoms with Crippen LogP contribution in [0.2, 0.25) is 5.02 Å². The highest BCUT2D eigenvalue weighted by Crippen LogP contribution is 2.29. The van der Waals surface area contributed by atoms with E-state index in [2.05, 4.69) is 10.1 Å². The molecule has 1 aliphatic heterocycles. The average Bonchev–Trinajstić information content (AvgIpc) is 3.31. The molecule has 0 unspecified atom stereocenters. The largest absolute Gasteiger partial charge is 0.464 e. The van der Waals surface area contributed by atoms with Gasteiger partial charge in [0.05, 0.1) is 7.11 Å². The second kappa shape index (κ2) is 8.17. The summed E-state index contributed by atoms with van der Waals surface area (Å²) in [5.74, 6) is -1.04. The van der Waals surface area contributed by atoms with E-state index in [1.807, 2.05) is 6.92 Å². The molecule has 1 aromatic heterocycles. The number of nitrogens with zero attached hydrogens (tertiary/aromatic N) is 2. The third-order valence-electron chi connectivity index (χ3n) is 4.93. The van der Waals surface area contributed by atoms with Crippen molar-refractivity contribution in [3.8, 4) is 0 Å². The molecule has 1 aliphatic rings. The van der Waals surface area contributed by atoms with Gasteiger partial charge in [-0.25, -0.2) is 13.2 Å². The lowest BCUT2D eigenvalue weighted by Gasteiger charge is -2.23. The van der Waals surface area contributed by atoms with Crippen molar-refractivity contribution < 1.29 is 22.7 Å². The van der Waals surface area contributed by atoms with Gasteiger partial charge in [0.2, 0.25) is 15.9 Å². The van der Waals surface area contributed by atoms with E-state index >= 15 is 0 Å². The van der Waals surface area contributed by atoms with Crippen LogP contribution < -0.4 is 5.32 Å². The number of methoxy groups -OCH3 is 1. The zero-order chi connectivity index (χ0) is 21.3. The van der Waals surface area contributed by atoms with Gasteiger partial charge in [-0.3, -0.25) is 4.79 Å². The third-order valence-corrected chi connectivity index (χ3v) is 7.04. The molecule has 29 heavy (non-hydrogen) atoms. The SMILES string of the molecule is COC(=O)c1cc(S(=O)(=O)N2CCC[C@@H]2C(=O)Nc2ccc(Cl)cc2C)cn1C. The number of benzene rings is 1. The topological polar surface area (TPSA) is 97.7 Å². The van der Waals surface area contributed by atoms with Crippen LogP contribution in [0.5, 0.6) is 0 Å². The first-order chi connectivity index (χ1) is 13.6. The highest BCUT2D eigenvalue weighted by molar-refractivity contribution is 7.89. The lowest BCUT2D eigenvalue weighted by Crippen LogP contribution is -2.43. The van der Waals surface area contributed by atoms with Crippen molar-refractivity contribution in [1.29, 1.82) is 0 Å². The van der Waals surface area contributed by atoms with Crippen molar-refractivity contribution in [1.82, 2.24) is 8.87 Å². The minimum Gasteiger partial charge on any atom is -0.464 e. The molecule has 1 aromatic carbocycles. The average molecular weight is 440 g/mol. The zero-order valence-corrected chi connectivity index (χ0v) is 17.9. The maximum atomic E-state index is 13.2. The van der Waals surface area contributed by atoms with E-state index in [0.29, 0.717) is 23.6 Å². The van der Waals surface area contributed by atoms with Crippen LogP contribution in [-0.4, -0.2) is 48.9 Å². The Hall–Kier alpha value is -2.36. The maximum absolute atomic E-state index is 13.2. The van der Waals surface area contributed by atoms with E-state index in [1.54, 1.807) is 25.2 Å². The Morgan fingerprint density at radius 2 is 2.00 bits per heavy atom. The normalized spacial score (nSPS) is 17.3. The number of aryl methyl sites for hydroxylation is 2. The van der Waals surface area contributed by atoms with Gasteiger partial charge in [0.1, 0.15) is 16.6 Å². The lowest BCUT2D eigenvalue weighted by atomic mass is 10.1. The van der Waals surface area contributed by atoms with E-state index in [1.165, 1.54) is 28.2 Å². The molecule has 3 rings (SSSR count). The van der Waals surface area contributed by atoms with Gasteiger partial charge in [-0.1, -0.05) is 11.6 Å². The van der Waals surface area contributed by atoms with Crippen LogP contribution in [0.4, 0.5) is 5.69 Å². The molecule has 0 spiro atoms. The summed E-state index contributed by atoms with van der Waals surface area (Å²) in [5, 5.41) is 3.35. The molecule has 8 nitrogen and oxygen atoms in total. The number of sulfonamides is 1. The number of hydrogen-bond acceptors (Lipinski definition) is 5. The van der Waals surface area contributed by atoms with E-state index in [9.17, 15) is 18.0 Å². The molecular weight excluding hydrogens is 418 g/mol. The van der Waals surface area contributed by atoms with Crippen molar-refractivity contribution in [2.45, 2.75) is 30.7 Å². The number of halogens is 1. The standard InChI is InChI=1S/C19H22ClN3O5S/c1-12-9-13(20)6-7-15(12)21-18(24)16-5-4-8-23(16)29(26,27)14-10-17(19(25)28-3)22(2)11-14/h6-7,9-11,16H,4-5,8H2,1-3H3,(H,21,24)/t16-/m1/s1. The van der Waals surface area contributed by atoms with Gasteiger partial charge in [0.25, 0.3) is 0 Å². The fourth-order valence-corrected chi connectivity index (χ4v) is 5.35. The first-order valence-corrected chi connectivity index (χ1v) is 10.8. The van der Waals surface area contributed by atoms with Gasteiger partial charge in [-0.2, -0.15) is 4.31 Å². The quantitative estimate of drug-likeness (QED) is 0.722. The molecule has 2 heterocycles. The fourth-order valence-electron chi connectivity index (χ4n) is 3.39. The van der Waals surface area contributed by atoms with E-state index in [0.717, 1.165) is 5.56 Å². The number of aromatic nitrogens is 1. The zero-order valence-electron chi connectivity index (χ0n) is 16.3. The maximum Gasteiger partial charge on any atom is 0.354 e. The molecule has 1 amide bonds. The second-order valence-corrected chi connectivity index (χ2v) is 9.21. The second-order valence-electron chi connectivity index (χ2n) is 6.89. The summed E-state index contributed by atoms with van der Waals surface area (Å²) in [4.78, 5) is 24.6. The molecule has 1 fully saturated rings. The monoisotopic (exact) mass is 439 g/mol. The smallest absolute Gasteiger partial charge is 0.354 e. The number of hydrogen-bond donors (Lipinski definition) is 1. The Kier molecular flexibility index (Phi) is 6.02. The van der Waals surface area contributed by atoms with E-state index in [-0.39, 0.29) is 17.1 Å². The van der Waals surface area contributed by atoms with Crippen LogP contribution >= 0.6 is 11.6 Å². The van der Waals surface area contributed by atoms with Gasteiger partial charge in [0, 0.05) is 30.5 Å². The number of nitrogens with one attached hydrogen (secondary N) is 1. The number of anilines is 1. The summed E-state index contributed by atoms with van der Waals surface area (Å²) < 4.78 is 33.6. The molecule has 0 radical (unpaired) electrons. The number of esters is 1. The van der Waals surface area contributed by atoms with Crippen LogP contribution in [0.25, 0.3) is 0 Å². The Morgan fingerprint density at radius 3 is 2.66 bits per heavy atom. The summed E-state index contributed by atoms with van der Waals surface area (Å²) in [6, 6.07) is 5.49. The molecule has 10 heteroatoms. The minimum absolute atomic E-state index is 0.0530. The summed E-state index contributed by atoms with van der Waals surface area (Å²) in [7, 11) is -1.18. The summed E-state index contributed by atoms with van der Waals surface area (Å²) >= 11 is 5.94. The Balaban J connectivity index is 1.85. The first-order valence-electron chi connectivity index (χ1n) is 8.98. The summed E-state index contributed by atoms with van der Waals surface area (Å²) in [6.45, 7) is 2.03. The van der Waals surface area contributed by atoms with E-state index < -0.39 is 27.9 Å². The van der Waals surface area contributed by atoms with Crippen molar-refractivity contribution >= 4 is 39.2 Å². The molecule has 0 aliphatic carbocycles. The molecule has 0 bridgehead atoms. The molecule has 1 saturated heterocycles. The van der Waals surface area contributed by atoms with E-state index in [4.69, 9.17) is 11.6 Å². The number of carbonyl (C=O) groups is 2. The van der Waals surface area contributed by atoms with Gasteiger partial charge >= 0.3 is 5.97 Å². The molecular formula is C19H22ClN3O5S. The molecule has 156 valence electrons. The number of amides is 1. The molecule has 2 aromatic rings. The van der Waals surface area contributed by atoms with Gasteiger partial charge < -0.3 is 14.6 Å². The number of carbonyl (C=O) groups excluding carboxylic acids is 2. The van der Waals surface area contributed by atoms with Crippen molar-refractivity contribution in [3.63, 3.8) is 0 Å². The Labute approximate surface area is 174 Å². The van der Waals surface area contributed by atoms with Gasteiger partial charge in [-0.05, 0) is 49.6 Å². The van der Waals surface area contributed by atoms with Crippen LogP contribution in [0, 0.1) is 6.92 Å². The van der Waals surface area contributed by atoms with Crippen molar-refractivity contribution in [3.05, 3.63) is 46.7 Å². The highest BCUT2D eigenvalue weighted by Gasteiger charge is 2.40. The van der Waals surface area contributed by atoms with Crippen LogP contribution in [0.15, 0.2) is 35.4 Å². The summed E-state index contributed by atoms with van der Waals surface area (Å²) in [6.07, 6.45) is 2.32. The van der Waals surface area contributed by atoms with Crippen molar-refractivity contribution in [2.24, 2.45) is 7.05 Å². The predicted molar refractivity (Wildman–Crippen MR) is 108 cm³/mol. The van der Waals surface area contributed by atoms with Gasteiger partial charge in [-0.15, -0.1) is 0 Å². The molecule has 0 saturated carbocycles. The fraction of sp³-hybridized carbons (Fsp3) is 0.368. The minimum atomic E-state index is -3.96. The number of rotatable bonds is 5. The molecule has 1 atom stereocenters. The Morgan fingerprint density at radius 1 is 1.28 bits per heavy atom. The molecule has 1 N–H and O–H groups in total. The Bertz CT molecular complexity index is 1060. The first kappa shape index (κ1) is 21.4. The van der Waals surface area contributed by atoms with Crippen LogP contribution in [0.3, 0.4) is 0 Å².